The van der Waals surface area contributed by atoms with E-state index < -0.39 is 10.0 Å². The predicted molar refractivity (Wildman–Crippen MR) is 119 cm³/mol. The van der Waals surface area contributed by atoms with Gasteiger partial charge in [0.25, 0.3) is 10.0 Å². The second-order valence-corrected chi connectivity index (χ2v) is 8.89. The van der Waals surface area contributed by atoms with E-state index in [9.17, 15) is 8.42 Å². The van der Waals surface area contributed by atoms with Crippen LogP contribution in [0.5, 0.6) is 5.75 Å². The number of nitrogens with zero attached hydrogens (tertiary/aromatic N) is 1. The monoisotopic (exact) mass is 436 g/mol. The third-order valence-corrected chi connectivity index (χ3v) is 5.94. The molecule has 0 radical (unpaired) electrons. The Labute approximate surface area is 179 Å². The molecule has 0 unspecified atom stereocenters. The van der Waals surface area contributed by atoms with Crippen LogP contribution in [-0.2, 0) is 10.0 Å². The Morgan fingerprint density at radius 2 is 1.69 bits per heavy atom. The highest BCUT2D eigenvalue weighted by Crippen LogP contribution is 2.25. The molecule has 0 aliphatic heterocycles. The van der Waals surface area contributed by atoms with Gasteiger partial charge in [0, 0.05) is 0 Å². The minimum atomic E-state index is -3.68. The summed E-state index contributed by atoms with van der Waals surface area (Å²) in [6, 6.07) is 13.3. The Hall–Kier alpha value is -2.05. The molecule has 7 heteroatoms. The molecule has 0 saturated carbocycles. The molecule has 5 nitrogen and oxygen atoms in total. The molecule has 0 saturated heterocycles. The summed E-state index contributed by atoms with van der Waals surface area (Å²) in [6.45, 7) is 2.86. The molecule has 0 aliphatic rings. The van der Waals surface area contributed by atoms with E-state index in [1.807, 2.05) is 0 Å². The van der Waals surface area contributed by atoms with Gasteiger partial charge >= 0.3 is 0 Å². The molecule has 0 bridgehead atoms. The lowest BCUT2D eigenvalue weighted by atomic mass is 10.1. The Morgan fingerprint density at radius 3 is 2.38 bits per heavy atom. The van der Waals surface area contributed by atoms with Crippen LogP contribution in [0.3, 0.4) is 0 Å². The SMILES string of the molecule is CCCCCCCCCOc1ccc(/C=N/NS(=O)(=O)c2ccccc2)cc1Cl. The zero-order chi connectivity index (χ0) is 21.0. The first-order chi connectivity index (χ1) is 14.0. The standard InChI is InChI=1S/C22H29ClN2O3S/c1-2-3-4-5-6-7-11-16-28-22-15-14-19(17-21(22)23)18-24-25-29(26,27)20-12-9-8-10-13-20/h8-10,12-15,17-18,25H,2-7,11,16H2,1H3/b24-18+. The number of halogens is 1. The van der Waals surface area contributed by atoms with Gasteiger partial charge in [0.05, 0.1) is 22.7 Å². The first kappa shape index (κ1) is 23.2. The lowest BCUT2D eigenvalue weighted by Crippen LogP contribution is -2.18. The summed E-state index contributed by atoms with van der Waals surface area (Å²) >= 11 is 6.27. The highest BCUT2D eigenvalue weighted by molar-refractivity contribution is 7.89. The maximum Gasteiger partial charge on any atom is 0.276 e. The molecule has 158 valence electrons. The second kappa shape index (κ2) is 12.5. The van der Waals surface area contributed by atoms with Crippen molar-refractivity contribution in [2.45, 2.75) is 56.8 Å². The lowest BCUT2D eigenvalue weighted by Gasteiger charge is -2.08. The van der Waals surface area contributed by atoms with Crippen LogP contribution in [0.1, 0.15) is 57.4 Å². The highest BCUT2D eigenvalue weighted by atomic mass is 35.5. The molecule has 2 aromatic carbocycles. The van der Waals surface area contributed by atoms with Gasteiger partial charge in [0.15, 0.2) is 0 Å². The summed E-state index contributed by atoms with van der Waals surface area (Å²) < 4.78 is 30.0. The molecule has 0 atom stereocenters. The van der Waals surface area contributed by atoms with E-state index >= 15 is 0 Å². The Balaban J connectivity index is 1.78. The van der Waals surface area contributed by atoms with Gasteiger partial charge in [-0.15, -0.1) is 0 Å². The average molecular weight is 437 g/mol. The molecule has 0 fully saturated rings. The van der Waals surface area contributed by atoms with Crippen molar-refractivity contribution in [2.75, 3.05) is 6.61 Å². The van der Waals surface area contributed by atoms with Crippen LogP contribution in [0.2, 0.25) is 5.02 Å². The number of unbranched alkanes of at least 4 members (excludes halogenated alkanes) is 6. The summed E-state index contributed by atoms with van der Waals surface area (Å²) in [5.41, 5.74) is 0.675. The number of hydrogen-bond acceptors (Lipinski definition) is 4. The van der Waals surface area contributed by atoms with E-state index in [1.54, 1.807) is 36.4 Å². The Morgan fingerprint density at radius 1 is 1.00 bits per heavy atom. The van der Waals surface area contributed by atoms with Gasteiger partial charge in [-0.2, -0.15) is 13.5 Å². The van der Waals surface area contributed by atoms with Crippen LogP contribution in [0.4, 0.5) is 0 Å². The second-order valence-electron chi connectivity index (χ2n) is 6.83. The van der Waals surface area contributed by atoms with E-state index in [-0.39, 0.29) is 4.90 Å². The van der Waals surface area contributed by atoms with Gasteiger partial charge < -0.3 is 4.74 Å². The van der Waals surface area contributed by atoms with Crippen molar-refractivity contribution in [2.24, 2.45) is 5.10 Å². The number of hydrogen-bond donors (Lipinski definition) is 1. The minimum absolute atomic E-state index is 0.157. The van der Waals surface area contributed by atoms with Crippen LogP contribution >= 0.6 is 11.6 Å². The highest BCUT2D eigenvalue weighted by Gasteiger charge is 2.11. The molecule has 0 aromatic heterocycles. The average Bonchev–Trinajstić information content (AvgIpc) is 2.72. The molecular formula is C22H29ClN2O3S. The normalized spacial score (nSPS) is 11.7. The lowest BCUT2D eigenvalue weighted by molar-refractivity contribution is 0.304. The Bertz CT molecular complexity index is 871. The topological polar surface area (TPSA) is 67.8 Å². The van der Waals surface area contributed by atoms with Gasteiger partial charge in [0.2, 0.25) is 0 Å². The van der Waals surface area contributed by atoms with Gasteiger partial charge in [-0.1, -0.05) is 75.2 Å². The predicted octanol–water partition coefficient (Wildman–Crippen LogP) is 5.78. The molecule has 2 aromatic rings. The minimum Gasteiger partial charge on any atom is -0.492 e. The summed E-state index contributed by atoms with van der Waals surface area (Å²) in [5.74, 6) is 0.625. The van der Waals surface area contributed by atoms with E-state index in [4.69, 9.17) is 16.3 Å². The van der Waals surface area contributed by atoms with Crippen LogP contribution < -0.4 is 9.57 Å². The molecule has 0 heterocycles. The fourth-order valence-electron chi connectivity index (χ4n) is 2.78. The molecule has 0 spiro atoms. The molecule has 0 amide bonds. The number of rotatable bonds is 13. The van der Waals surface area contributed by atoms with Crippen molar-refractivity contribution in [1.29, 1.82) is 0 Å². The zero-order valence-electron chi connectivity index (χ0n) is 16.8. The number of hydrazone groups is 1. The third kappa shape index (κ3) is 8.46. The van der Waals surface area contributed by atoms with E-state index in [2.05, 4.69) is 16.9 Å². The summed E-state index contributed by atoms with van der Waals surface area (Å²) in [5, 5.41) is 4.29. The van der Waals surface area contributed by atoms with Crippen LogP contribution in [0, 0.1) is 0 Å². The third-order valence-electron chi connectivity index (χ3n) is 4.40. The van der Waals surface area contributed by atoms with E-state index in [0.717, 1.165) is 12.8 Å². The van der Waals surface area contributed by atoms with Gasteiger partial charge in [-0.05, 0) is 42.3 Å². The molecule has 29 heavy (non-hydrogen) atoms. The van der Waals surface area contributed by atoms with Crippen LogP contribution in [0.25, 0.3) is 0 Å². The summed E-state index contributed by atoms with van der Waals surface area (Å²) in [7, 11) is -3.68. The van der Waals surface area contributed by atoms with Crippen molar-refractivity contribution in [3.05, 3.63) is 59.1 Å². The number of sulfonamides is 1. The maximum atomic E-state index is 12.1. The van der Waals surface area contributed by atoms with Gasteiger partial charge in [0.1, 0.15) is 5.75 Å². The molecule has 1 N–H and O–H groups in total. The Kier molecular flexibility index (Phi) is 10.0. The largest absolute Gasteiger partial charge is 0.492 e. The van der Waals surface area contributed by atoms with Crippen molar-refractivity contribution in [1.82, 2.24) is 4.83 Å². The molecular weight excluding hydrogens is 408 g/mol. The molecule has 0 aliphatic carbocycles. The van der Waals surface area contributed by atoms with E-state index in [0.29, 0.717) is 22.9 Å². The zero-order valence-corrected chi connectivity index (χ0v) is 18.4. The fraction of sp³-hybridized carbons (Fsp3) is 0.409. The van der Waals surface area contributed by atoms with Crippen molar-refractivity contribution in [3.63, 3.8) is 0 Å². The molecule has 2 rings (SSSR count). The fourth-order valence-corrected chi connectivity index (χ4v) is 3.83. The van der Waals surface area contributed by atoms with Crippen molar-refractivity contribution in [3.8, 4) is 5.75 Å². The van der Waals surface area contributed by atoms with Crippen molar-refractivity contribution >= 4 is 27.8 Å². The van der Waals surface area contributed by atoms with E-state index in [1.165, 1.54) is 50.5 Å². The first-order valence-electron chi connectivity index (χ1n) is 10.0. The first-order valence-corrected chi connectivity index (χ1v) is 11.9. The van der Waals surface area contributed by atoms with Crippen molar-refractivity contribution < 1.29 is 13.2 Å². The quantitative estimate of drug-likeness (QED) is 0.246. The number of ether oxygens (including phenoxy) is 1. The van der Waals surface area contributed by atoms with Crippen LogP contribution in [0.15, 0.2) is 58.5 Å². The van der Waals surface area contributed by atoms with Crippen LogP contribution in [-0.4, -0.2) is 21.2 Å². The van der Waals surface area contributed by atoms with Gasteiger partial charge in [-0.25, -0.2) is 4.83 Å². The van der Waals surface area contributed by atoms with Gasteiger partial charge in [-0.3, -0.25) is 0 Å². The summed E-state index contributed by atoms with van der Waals surface area (Å²) in [6.07, 6.45) is 10.00. The summed E-state index contributed by atoms with van der Waals surface area (Å²) in [4.78, 5) is 2.35. The maximum absolute atomic E-state index is 12.1. The number of nitrogens with one attached hydrogen (secondary N) is 1. The smallest absolute Gasteiger partial charge is 0.276 e. The number of benzene rings is 2.